The van der Waals surface area contributed by atoms with Crippen LogP contribution in [0.1, 0.15) is 5.56 Å². The standard InChI is InChI=1S/C11H17NO4/c13-5-3-12(4-6-14)8-9-1-2-10(15)7-11(9)16/h1-2,7,13-16H,3-6,8H2. The van der Waals surface area contributed by atoms with Crippen LogP contribution in [0.2, 0.25) is 0 Å². The van der Waals surface area contributed by atoms with Crippen molar-refractivity contribution in [1.29, 1.82) is 0 Å². The van der Waals surface area contributed by atoms with Crippen LogP contribution in [0.15, 0.2) is 18.2 Å². The van der Waals surface area contributed by atoms with Crippen molar-refractivity contribution >= 4 is 0 Å². The van der Waals surface area contributed by atoms with E-state index in [1.807, 2.05) is 4.90 Å². The molecule has 0 aliphatic carbocycles. The van der Waals surface area contributed by atoms with Crippen LogP contribution in [0.4, 0.5) is 0 Å². The van der Waals surface area contributed by atoms with E-state index >= 15 is 0 Å². The minimum absolute atomic E-state index is 0.00115. The van der Waals surface area contributed by atoms with E-state index in [0.717, 1.165) is 0 Å². The highest BCUT2D eigenvalue weighted by Crippen LogP contribution is 2.23. The van der Waals surface area contributed by atoms with Crippen molar-refractivity contribution in [2.24, 2.45) is 0 Å². The summed E-state index contributed by atoms with van der Waals surface area (Å²) in [4.78, 5) is 1.81. The molecule has 5 heteroatoms. The van der Waals surface area contributed by atoms with Gasteiger partial charge in [-0.15, -0.1) is 0 Å². The highest BCUT2D eigenvalue weighted by Gasteiger charge is 2.08. The van der Waals surface area contributed by atoms with Crippen LogP contribution >= 0.6 is 0 Å². The third kappa shape index (κ3) is 3.69. The van der Waals surface area contributed by atoms with E-state index in [1.165, 1.54) is 12.1 Å². The number of phenolic OH excluding ortho intramolecular Hbond substituents is 2. The number of benzene rings is 1. The van der Waals surface area contributed by atoms with Crippen LogP contribution in [0.25, 0.3) is 0 Å². The van der Waals surface area contributed by atoms with Gasteiger partial charge in [0.25, 0.3) is 0 Å². The summed E-state index contributed by atoms with van der Waals surface area (Å²) < 4.78 is 0. The van der Waals surface area contributed by atoms with Crippen LogP contribution in [-0.4, -0.2) is 51.6 Å². The third-order valence-electron chi connectivity index (χ3n) is 2.30. The fourth-order valence-corrected chi connectivity index (χ4v) is 1.48. The fourth-order valence-electron chi connectivity index (χ4n) is 1.48. The van der Waals surface area contributed by atoms with Crippen molar-refractivity contribution in [1.82, 2.24) is 4.90 Å². The molecule has 4 N–H and O–H groups in total. The van der Waals surface area contributed by atoms with Crippen molar-refractivity contribution < 1.29 is 20.4 Å². The highest BCUT2D eigenvalue weighted by atomic mass is 16.3. The van der Waals surface area contributed by atoms with Crippen molar-refractivity contribution in [2.45, 2.75) is 6.54 Å². The quantitative estimate of drug-likeness (QED) is 0.545. The molecule has 0 spiro atoms. The van der Waals surface area contributed by atoms with Crippen LogP contribution < -0.4 is 0 Å². The van der Waals surface area contributed by atoms with Crippen LogP contribution in [0.3, 0.4) is 0 Å². The van der Waals surface area contributed by atoms with Crippen LogP contribution in [0, 0.1) is 0 Å². The number of aliphatic hydroxyl groups is 2. The largest absolute Gasteiger partial charge is 0.508 e. The molecule has 0 saturated carbocycles. The number of phenols is 2. The zero-order chi connectivity index (χ0) is 12.0. The average Bonchev–Trinajstić information content (AvgIpc) is 2.23. The lowest BCUT2D eigenvalue weighted by molar-refractivity contribution is 0.155. The monoisotopic (exact) mass is 227 g/mol. The van der Waals surface area contributed by atoms with E-state index in [-0.39, 0.29) is 24.7 Å². The Morgan fingerprint density at radius 2 is 1.62 bits per heavy atom. The molecular formula is C11H17NO4. The Bertz CT molecular complexity index is 324. The van der Waals surface area contributed by atoms with Crippen molar-refractivity contribution in [3.63, 3.8) is 0 Å². The molecule has 1 rings (SSSR count). The van der Waals surface area contributed by atoms with Gasteiger partial charge in [0.15, 0.2) is 0 Å². The summed E-state index contributed by atoms with van der Waals surface area (Å²) in [6, 6.07) is 4.38. The van der Waals surface area contributed by atoms with Gasteiger partial charge >= 0.3 is 0 Å². The molecule has 16 heavy (non-hydrogen) atoms. The molecule has 0 aliphatic heterocycles. The number of hydrogen-bond acceptors (Lipinski definition) is 5. The topological polar surface area (TPSA) is 84.2 Å². The molecule has 0 atom stereocenters. The molecule has 0 fully saturated rings. The Balaban J connectivity index is 2.68. The van der Waals surface area contributed by atoms with Gasteiger partial charge in [-0.1, -0.05) is 6.07 Å². The Labute approximate surface area is 94.2 Å². The highest BCUT2D eigenvalue weighted by molar-refractivity contribution is 5.38. The van der Waals surface area contributed by atoms with E-state index in [2.05, 4.69) is 0 Å². The smallest absolute Gasteiger partial charge is 0.123 e. The summed E-state index contributed by atoms with van der Waals surface area (Å²) in [6.45, 7) is 1.28. The summed E-state index contributed by atoms with van der Waals surface area (Å²) in [7, 11) is 0. The van der Waals surface area contributed by atoms with Gasteiger partial charge in [0.05, 0.1) is 13.2 Å². The van der Waals surface area contributed by atoms with Crippen molar-refractivity contribution in [3.8, 4) is 11.5 Å². The second kappa shape index (κ2) is 6.32. The van der Waals surface area contributed by atoms with E-state index in [4.69, 9.17) is 15.3 Å². The first-order valence-electron chi connectivity index (χ1n) is 5.12. The second-order valence-corrected chi connectivity index (χ2v) is 3.54. The van der Waals surface area contributed by atoms with Gasteiger partial charge in [0.2, 0.25) is 0 Å². The van der Waals surface area contributed by atoms with Gasteiger partial charge in [-0.25, -0.2) is 0 Å². The fraction of sp³-hybridized carbons (Fsp3) is 0.455. The van der Waals surface area contributed by atoms with Gasteiger partial charge in [-0.05, 0) is 6.07 Å². The zero-order valence-electron chi connectivity index (χ0n) is 9.00. The Hall–Kier alpha value is -1.30. The van der Waals surface area contributed by atoms with E-state index < -0.39 is 0 Å². The Kier molecular flexibility index (Phi) is 5.04. The van der Waals surface area contributed by atoms with E-state index in [0.29, 0.717) is 25.2 Å². The van der Waals surface area contributed by atoms with E-state index in [9.17, 15) is 5.11 Å². The molecule has 90 valence electrons. The number of aromatic hydroxyl groups is 2. The summed E-state index contributed by atoms with van der Waals surface area (Å²) >= 11 is 0. The van der Waals surface area contributed by atoms with Gasteiger partial charge in [0, 0.05) is 31.3 Å². The van der Waals surface area contributed by atoms with Crippen LogP contribution in [-0.2, 0) is 6.54 Å². The lowest BCUT2D eigenvalue weighted by Gasteiger charge is -2.20. The summed E-state index contributed by atoms with van der Waals surface area (Å²) in [5.74, 6) is 0.0259. The number of aliphatic hydroxyl groups excluding tert-OH is 2. The Morgan fingerprint density at radius 1 is 1.00 bits per heavy atom. The first-order chi connectivity index (χ1) is 7.67. The number of nitrogens with zero attached hydrogens (tertiary/aromatic N) is 1. The lowest BCUT2D eigenvalue weighted by atomic mass is 10.2. The first kappa shape index (κ1) is 12.8. The molecule has 0 aromatic heterocycles. The SMILES string of the molecule is OCCN(CCO)Cc1ccc(O)cc1O. The average molecular weight is 227 g/mol. The molecule has 1 aromatic rings. The molecule has 0 radical (unpaired) electrons. The molecule has 0 amide bonds. The summed E-state index contributed by atoms with van der Waals surface area (Å²) in [5, 5.41) is 36.3. The first-order valence-corrected chi connectivity index (χ1v) is 5.12. The predicted octanol–water partition coefficient (Wildman–Crippen LogP) is -0.116. The molecule has 0 saturated heterocycles. The number of hydrogen-bond donors (Lipinski definition) is 4. The molecule has 5 nitrogen and oxygen atoms in total. The van der Waals surface area contributed by atoms with Crippen LogP contribution in [0.5, 0.6) is 11.5 Å². The maximum Gasteiger partial charge on any atom is 0.123 e. The van der Waals surface area contributed by atoms with Gasteiger partial charge < -0.3 is 20.4 Å². The summed E-state index contributed by atoms with van der Waals surface area (Å²) in [5.41, 5.74) is 0.653. The van der Waals surface area contributed by atoms with Crippen molar-refractivity contribution in [3.05, 3.63) is 23.8 Å². The van der Waals surface area contributed by atoms with Gasteiger partial charge in [-0.3, -0.25) is 4.90 Å². The maximum atomic E-state index is 9.57. The number of rotatable bonds is 6. The van der Waals surface area contributed by atoms with Crippen molar-refractivity contribution in [2.75, 3.05) is 26.3 Å². The minimum atomic E-state index is -0.00115. The third-order valence-corrected chi connectivity index (χ3v) is 2.30. The molecule has 0 bridgehead atoms. The molecular weight excluding hydrogens is 210 g/mol. The molecule has 0 unspecified atom stereocenters. The second-order valence-electron chi connectivity index (χ2n) is 3.54. The van der Waals surface area contributed by atoms with Gasteiger partial charge in [0.1, 0.15) is 11.5 Å². The Morgan fingerprint density at radius 3 is 2.12 bits per heavy atom. The van der Waals surface area contributed by atoms with Gasteiger partial charge in [-0.2, -0.15) is 0 Å². The summed E-state index contributed by atoms with van der Waals surface area (Å²) in [6.07, 6.45) is 0. The molecule has 1 aromatic carbocycles. The zero-order valence-corrected chi connectivity index (χ0v) is 9.00. The lowest BCUT2D eigenvalue weighted by Crippen LogP contribution is -2.29. The molecule has 0 aliphatic rings. The molecule has 0 heterocycles. The minimum Gasteiger partial charge on any atom is -0.508 e. The van der Waals surface area contributed by atoms with E-state index in [1.54, 1.807) is 6.07 Å². The predicted molar refractivity (Wildman–Crippen MR) is 59.2 cm³/mol. The maximum absolute atomic E-state index is 9.57. The normalized spacial score (nSPS) is 10.9.